The van der Waals surface area contributed by atoms with E-state index < -0.39 is 15.6 Å². The average molecular weight is 449 g/mol. The summed E-state index contributed by atoms with van der Waals surface area (Å²) in [5.74, 6) is 0.896. The summed E-state index contributed by atoms with van der Waals surface area (Å²) in [5.41, 5.74) is 1.21. The highest BCUT2D eigenvalue weighted by Crippen LogP contribution is 2.28. The second-order valence-electron chi connectivity index (χ2n) is 8.35. The van der Waals surface area contributed by atoms with E-state index >= 15 is 0 Å². The molecule has 2 aromatic rings. The van der Waals surface area contributed by atoms with Crippen LogP contribution in [0, 0.1) is 6.92 Å². The van der Waals surface area contributed by atoms with E-state index in [1.54, 1.807) is 40.9 Å². The Hall–Kier alpha value is -2.58. The highest BCUT2D eigenvalue weighted by Gasteiger charge is 2.23. The fraction of sp³-hybridized carbons (Fsp3) is 0.435. The third kappa shape index (κ3) is 6.97. The number of hydrogen-bond donors (Lipinski definition) is 2. The lowest BCUT2D eigenvalue weighted by molar-refractivity contribution is 0.0950. The van der Waals surface area contributed by atoms with Gasteiger partial charge in [0.15, 0.2) is 11.5 Å². The highest BCUT2D eigenvalue weighted by atomic mass is 32.2. The maximum absolute atomic E-state index is 12.8. The fourth-order valence-corrected chi connectivity index (χ4v) is 4.35. The number of carbonyl (C=O) groups excluding carboxylic acids is 1. The fourth-order valence-electron chi connectivity index (χ4n) is 2.91. The number of sulfonamides is 1. The summed E-state index contributed by atoms with van der Waals surface area (Å²) in [6.45, 7) is 9.94. The largest absolute Gasteiger partial charge is 0.493 e. The van der Waals surface area contributed by atoms with Crippen LogP contribution in [0.5, 0.6) is 11.5 Å². The second kappa shape index (κ2) is 10.2. The number of methoxy groups -OCH3 is 1. The molecule has 0 unspecified atom stereocenters. The van der Waals surface area contributed by atoms with Crippen molar-refractivity contribution in [2.45, 2.75) is 58.0 Å². The van der Waals surface area contributed by atoms with E-state index in [4.69, 9.17) is 9.47 Å². The van der Waals surface area contributed by atoms with Crippen LogP contribution in [0.3, 0.4) is 0 Å². The van der Waals surface area contributed by atoms with Crippen molar-refractivity contribution in [1.82, 2.24) is 10.0 Å². The summed E-state index contributed by atoms with van der Waals surface area (Å²) in [5, 5.41) is 2.85. The van der Waals surface area contributed by atoms with Gasteiger partial charge < -0.3 is 14.8 Å². The number of ether oxygens (including phenoxy) is 2. The summed E-state index contributed by atoms with van der Waals surface area (Å²) < 4.78 is 38.9. The smallest absolute Gasteiger partial charge is 0.251 e. The van der Waals surface area contributed by atoms with Gasteiger partial charge >= 0.3 is 0 Å². The molecule has 0 aliphatic rings. The highest BCUT2D eigenvalue weighted by molar-refractivity contribution is 7.89. The predicted molar refractivity (Wildman–Crippen MR) is 121 cm³/mol. The SMILES string of the molecule is CCCOc1ccc(CNC(=O)c2cc(S(=O)(=O)NC(C)(C)C)ccc2C)cc1OC. The predicted octanol–water partition coefficient (Wildman–Crippen LogP) is 3.80. The second-order valence-corrected chi connectivity index (χ2v) is 10.0. The molecule has 7 nitrogen and oxygen atoms in total. The van der Waals surface area contributed by atoms with Gasteiger partial charge in [0.25, 0.3) is 5.91 Å². The molecule has 0 saturated carbocycles. The van der Waals surface area contributed by atoms with Gasteiger partial charge in [0.2, 0.25) is 10.0 Å². The minimum Gasteiger partial charge on any atom is -0.493 e. The van der Waals surface area contributed by atoms with Crippen LogP contribution in [-0.4, -0.2) is 33.6 Å². The van der Waals surface area contributed by atoms with Gasteiger partial charge in [-0.25, -0.2) is 13.1 Å². The average Bonchev–Trinajstić information content (AvgIpc) is 2.69. The van der Waals surface area contributed by atoms with Crippen LogP contribution in [0.2, 0.25) is 0 Å². The zero-order chi connectivity index (χ0) is 23.2. The molecule has 0 heterocycles. The molecule has 0 saturated heterocycles. The molecule has 170 valence electrons. The molecule has 0 aromatic heterocycles. The molecule has 0 atom stereocenters. The van der Waals surface area contributed by atoms with Crippen LogP contribution >= 0.6 is 0 Å². The van der Waals surface area contributed by atoms with E-state index in [1.165, 1.54) is 12.1 Å². The first kappa shape index (κ1) is 24.7. The maximum Gasteiger partial charge on any atom is 0.251 e. The van der Waals surface area contributed by atoms with Crippen LogP contribution < -0.4 is 19.5 Å². The Morgan fingerprint density at radius 2 is 1.77 bits per heavy atom. The number of hydrogen-bond acceptors (Lipinski definition) is 5. The molecule has 0 aliphatic heterocycles. The third-order valence-electron chi connectivity index (χ3n) is 4.35. The molecule has 0 spiro atoms. The van der Waals surface area contributed by atoms with Crippen molar-refractivity contribution in [1.29, 1.82) is 0 Å². The van der Waals surface area contributed by atoms with E-state index in [1.807, 2.05) is 25.1 Å². The van der Waals surface area contributed by atoms with Crippen LogP contribution in [-0.2, 0) is 16.6 Å². The number of nitrogens with one attached hydrogen (secondary N) is 2. The van der Waals surface area contributed by atoms with Gasteiger partial charge in [-0.3, -0.25) is 4.79 Å². The van der Waals surface area contributed by atoms with Crippen molar-refractivity contribution < 1.29 is 22.7 Å². The van der Waals surface area contributed by atoms with Crippen LogP contribution in [0.4, 0.5) is 0 Å². The van der Waals surface area contributed by atoms with Gasteiger partial charge in [0.1, 0.15) is 0 Å². The summed E-state index contributed by atoms with van der Waals surface area (Å²) in [7, 11) is -2.17. The Kier molecular flexibility index (Phi) is 8.08. The zero-order valence-corrected chi connectivity index (χ0v) is 19.9. The van der Waals surface area contributed by atoms with Gasteiger partial charge in [0, 0.05) is 17.6 Å². The summed E-state index contributed by atoms with van der Waals surface area (Å²) in [6.07, 6.45) is 0.889. The Labute approximate surface area is 185 Å². The van der Waals surface area contributed by atoms with Crippen molar-refractivity contribution in [3.8, 4) is 11.5 Å². The number of carbonyl (C=O) groups is 1. The van der Waals surface area contributed by atoms with Crippen LogP contribution in [0.1, 0.15) is 55.6 Å². The Bertz CT molecular complexity index is 1030. The Morgan fingerprint density at radius 1 is 1.06 bits per heavy atom. The van der Waals surface area contributed by atoms with Crippen molar-refractivity contribution >= 4 is 15.9 Å². The van der Waals surface area contributed by atoms with E-state index in [2.05, 4.69) is 10.0 Å². The van der Waals surface area contributed by atoms with Gasteiger partial charge in [-0.2, -0.15) is 0 Å². The molecule has 0 fully saturated rings. The molecular weight excluding hydrogens is 416 g/mol. The van der Waals surface area contributed by atoms with Gasteiger partial charge in [0.05, 0.1) is 18.6 Å². The molecule has 2 N–H and O–H groups in total. The molecular formula is C23H32N2O5S. The lowest BCUT2D eigenvalue weighted by atomic mass is 10.1. The number of rotatable bonds is 9. The number of aryl methyl sites for hydroxylation is 1. The van der Waals surface area contributed by atoms with Gasteiger partial charge in [-0.1, -0.05) is 19.1 Å². The molecule has 1 amide bonds. The molecule has 0 radical (unpaired) electrons. The van der Waals surface area contributed by atoms with Crippen LogP contribution in [0.15, 0.2) is 41.3 Å². The number of benzene rings is 2. The minimum atomic E-state index is -3.74. The molecule has 0 aliphatic carbocycles. The maximum atomic E-state index is 12.8. The van der Waals surface area contributed by atoms with Gasteiger partial charge in [-0.15, -0.1) is 0 Å². The van der Waals surface area contributed by atoms with E-state index in [0.29, 0.717) is 29.2 Å². The molecule has 31 heavy (non-hydrogen) atoms. The van der Waals surface area contributed by atoms with Crippen molar-refractivity contribution in [3.63, 3.8) is 0 Å². The first-order valence-corrected chi connectivity index (χ1v) is 11.7. The zero-order valence-electron chi connectivity index (χ0n) is 19.0. The third-order valence-corrected chi connectivity index (χ3v) is 6.10. The molecule has 2 aromatic carbocycles. The van der Waals surface area contributed by atoms with E-state index in [9.17, 15) is 13.2 Å². The molecule has 2 rings (SSSR count). The lowest BCUT2D eigenvalue weighted by Gasteiger charge is -2.20. The Balaban J connectivity index is 2.17. The first-order chi connectivity index (χ1) is 14.5. The Morgan fingerprint density at radius 3 is 2.39 bits per heavy atom. The normalized spacial score (nSPS) is 11.8. The van der Waals surface area contributed by atoms with E-state index in [-0.39, 0.29) is 17.3 Å². The summed E-state index contributed by atoms with van der Waals surface area (Å²) in [6, 6.07) is 10.0. The van der Waals surface area contributed by atoms with Crippen LogP contribution in [0.25, 0.3) is 0 Å². The monoisotopic (exact) mass is 448 g/mol. The lowest BCUT2D eigenvalue weighted by Crippen LogP contribution is -2.40. The topological polar surface area (TPSA) is 93.7 Å². The van der Waals surface area contributed by atoms with Gasteiger partial charge in [-0.05, 0) is 69.5 Å². The standard InChI is InChI=1S/C23H32N2O5S/c1-7-12-30-20-11-9-17(13-21(20)29-6)15-24-22(26)19-14-18(10-8-16(19)2)31(27,28)25-23(3,4)5/h8-11,13-14,25H,7,12,15H2,1-6H3,(H,24,26). The summed E-state index contributed by atoms with van der Waals surface area (Å²) >= 11 is 0. The van der Waals surface area contributed by atoms with Crippen molar-refractivity contribution in [2.24, 2.45) is 0 Å². The summed E-state index contributed by atoms with van der Waals surface area (Å²) in [4.78, 5) is 12.8. The molecule has 0 bridgehead atoms. The minimum absolute atomic E-state index is 0.0530. The van der Waals surface area contributed by atoms with E-state index in [0.717, 1.165) is 12.0 Å². The first-order valence-electron chi connectivity index (χ1n) is 10.2. The number of amides is 1. The van der Waals surface area contributed by atoms with Crippen molar-refractivity contribution in [2.75, 3.05) is 13.7 Å². The quantitative estimate of drug-likeness (QED) is 0.609. The van der Waals surface area contributed by atoms with Crippen molar-refractivity contribution in [3.05, 3.63) is 53.1 Å². The molecule has 8 heteroatoms.